The standard InChI is InChI=1S/C10H14N2O4/c1-4-15-8(13)6-5-7-11-9(12-16-7)10(2,3)14/h5-6,14H,4H2,1-3H3/b6-5+. The van der Waals surface area contributed by atoms with Crippen molar-refractivity contribution in [3.63, 3.8) is 0 Å². The molecule has 0 aliphatic carbocycles. The van der Waals surface area contributed by atoms with E-state index in [2.05, 4.69) is 14.9 Å². The zero-order valence-electron chi connectivity index (χ0n) is 9.43. The fourth-order valence-electron chi connectivity index (χ4n) is 0.881. The lowest BCUT2D eigenvalue weighted by Crippen LogP contribution is -2.17. The maximum atomic E-state index is 11.0. The van der Waals surface area contributed by atoms with Crippen LogP contribution in [0, 0.1) is 0 Å². The van der Waals surface area contributed by atoms with Gasteiger partial charge in [-0.3, -0.25) is 0 Å². The van der Waals surface area contributed by atoms with Gasteiger partial charge in [0, 0.05) is 12.2 Å². The highest BCUT2D eigenvalue weighted by Gasteiger charge is 2.22. The average molecular weight is 226 g/mol. The summed E-state index contributed by atoms with van der Waals surface area (Å²) in [6.45, 7) is 5.10. The number of ether oxygens (including phenoxy) is 1. The van der Waals surface area contributed by atoms with Crippen LogP contribution in [0.4, 0.5) is 0 Å². The molecule has 1 N–H and O–H groups in total. The van der Waals surface area contributed by atoms with Crippen LogP contribution in [0.5, 0.6) is 0 Å². The van der Waals surface area contributed by atoms with Crippen molar-refractivity contribution in [2.75, 3.05) is 6.61 Å². The topological polar surface area (TPSA) is 85.5 Å². The van der Waals surface area contributed by atoms with Crippen molar-refractivity contribution in [3.05, 3.63) is 17.8 Å². The van der Waals surface area contributed by atoms with Gasteiger partial charge in [0.2, 0.25) is 5.82 Å². The number of hydrogen-bond donors (Lipinski definition) is 1. The second-order valence-corrected chi connectivity index (χ2v) is 3.60. The molecule has 6 heteroatoms. The largest absolute Gasteiger partial charge is 0.463 e. The molecule has 0 spiro atoms. The lowest BCUT2D eigenvalue weighted by atomic mass is 10.1. The number of nitrogens with zero attached hydrogens (tertiary/aromatic N) is 2. The SMILES string of the molecule is CCOC(=O)/C=C/c1nc(C(C)(C)O)no1. The van der Waals surface area contributed by atoms with E-state index in [-0.39, 0.29) is 11.7 Å². The van der Waals surface area contributed by atoms with Gasteiger partial charge >= 0.3 is 5.97 Å². The molecule has 0 aliphatic heterocycles. The quantitative estimate of drug-likeness (QED) is 0.605. The van der Waals surface area contributed by atoms with Gasteiger partial charge in [-0.05, 0) is 20.8 Å². The summed E-state index contributed by atoms with van der Waals surface area (Å²) < 4.78 is 9.48. The number of carbonyl (C=O) groups is 1. The molecule has 88 valence electrons. The minimum absolute atomic E-state index is 0.144. The molecule has 0 saturated heterocycles. The Morgan fingerprint density at radius 3 is 2.81 bits per heavy atom. The predicted octanol–water partition coefficient (Wildman–Crippen LogP) is 0.873. The summed E-state index contributed by atoms with van der Waals surface area (Å²) in [5.41, 5.74) is -1.17. The smallest absolute Gasteiger partial charge is 0.330 e. The summed E-state index contributed by atoms with van der Waals surface area (Å²) in [6.07, 6.45) is 2.52. The van der Waals surface area contributed by atoms with Crippen LogP contribution in [-0.2, 0) is 15.1 Å². The Hall–Kier alpha value is -1.69. The molecule has 0 atom stereocenters. The van der Waals surface area contributed by atoms with Crippen LogP contribution in [0.1, 0.15) is 32.5 Å². The van der Waals surface area contributed by atoms with Crippen LogP contribution < -0.4 is 0 Å². The van der Waals surface area contributed by atoms with Crippen molar-refractivity contribution in [2.24, 2.45) is 0 Å². The van der Waals surface area contributed by atoms with Crippen LogP contribution in [-0.4, -0.2) is 27.8 Å². The van der Waals surface area contributed by atoms with Crippen LogP contribution in [0.2, 0.25) is 0 Å². The zero-order chi connectivity index (χ0) is 12.2. The number of esters is 1. The van der Waals surface area contributed by atoms with E-state index >= 15 is 0 Å². The summed E-state index contributed by atoms with van der Waals surface area (Å²) in [6, 6.07) is 0. The van der Waals surface area contributed by atoms with E-state index in [0.29, 0.717) is 6.61 Å². The molecule has 0 fully saturated rings. The summed E-state index contributed by atoms with van der Waals surface area (Å²) in [4.78, 5) is 14.9. The summed E-state index contributed by atoms with van der Waals surface area (Å²) >= 11 is 0. The second-order valence-electron chi connectivity index (χ2n) is 3.60. The summed E-state index contributed by atoms with van der Waals surface area (Å²) in [7, 11) is 0. The first-order chi connectivity index (χ1) is 7.43. The van der Waals surface area contributed by atoms with Gasteiger partial charge in [0.25, 0.3) is 5.89 Å². The molecule has 1 rings (SSSR count). The van der Waals surface area contributed by atoms with Crippen molar-refractivity contribution in [1.82, 2.24) is 10.1 Å². The highest BCUT2D eigenvalue weighted by atomic mass is 16.5. The fourth-order valence-corrected chi connectivity index (χ4v) is 0.881. The van der Waals surface area contributed by atoms with Crippen molar-refractivity contribution in [3.8, 4) is 0 Å². The molecule has 0 unspecified atom stereocenters. The highest BCUT2D eigenvalue weighted by Crippen LogP contribution is 2.15. The molecule has 1 aromatic heterocycles. The Labute approximate surface area is 92.9 Å². The Kier molecular flexibility index (Phi) is 3.78. The fraction of sp³-hybridized carbons (Fsp3) is 0.500. The molecule has 0 bridgehead atoms. The molecular formula is C10H14N2O4. The minimum Gasteiger partial charge on any atom is -0.463 e. The van der Waals surface area contributed by atoms with Gasteiger partial charge in [-0.25, -0.2) is 4.79 Å². The van der Waals surface area contributed by atoms with Gasteiger partial charge in [0.1, 0.15) is 5.60 Å². The molecule has 6 nitrogen and oxygen atoms in total. The average Bonchev–Trinajstić information content (AvgIpc) is 2.63. The first kappa shape index (κ1) is 12.4. The van der Waals surface area contributed by atoms with E-state index < -0.39 is 11.6 Å². The van der Waals surface area contributed by atoms with E-state index in [1.54, 1.807) is 6.92 Å². The van der Waals surface area contributed by atoms with Crippen molar-refractivity contribution >= 4 is 12.0 Å². The van der Waals surface area contributed by atoms with Gasteiger partial charge in [0.15, 0.2) is 0 Å². The second kappa shape index (κ2) is 4.89. The first-order valence-corrected chi connectivity index (χ1v) is 4.85. The molecule has 1 aromatic rings. The van der Waals surface area contributed by atoms with Crippen LogP contribution in [0.15, 0.2) is 10.6 Å². The summed E-state index contributed by atoms with van der Waals surface area (Å²) in [5, 5.41) is 13.1. The normalized spacial score (nSPS) is 12.0. The maximum Gasteiger partial charge on any atom is 0.330 e. The molecule has 0 aliphatic rings. The van der Waals surface area contributed by atoms with E-state index in [0.717, 1.165) is 0 Å². The summed E-state index contributed by atoms with van der Waals surface area (Å²) in [5.74, 6) is -0.174. The molecular weight excluding hydrogens is 212 g/mol. The number of aromatic nitrogens is 2. The van der Waals surface area contributed by atoms with Crippen molar-refractivity contribution < 1.29 is 19.2 Å². The van der Waals surface area contributed by atoms with Gasteiger partial charge in [-0.2, -0.15) is 4.98 Å². The molecule has 0 saturated carbocycles. The predicted molar refractivity (Wildman–Crippen MR) is 55.2 cm³/mol. The third kappa shape index (κ3) is 3.47. The third-order valence-corrected chi connectivity index (χ3v) is 1.64. The Morgan fingerprint density at radius 1 is 1.62 bits per heavy atom. The van der Waals surface area contributed by atoms with E-state index in [4.69, 9.17) is 4.52 Å². The number of rotatable bonds is 4. The van der Waals surface area contributed by atoms with Crippen LogP contribution in [0.3, 0.4) is 0 Å². The van der Waals surface area contributed by atoms with E-state index in [1.165, 1.54) is 26.0 Å². The molecule has 16 heavy (non-hydrogen) atoms. The lowest BCUT2D eigenvalue weighted by molar-refractivity contribution is -0.137. The molecule has 0 radical (unpaired) electrons. The van der Waals surface area contributed by atoms with Crippen molar-refractivity contribution in [2.45, 2.75) is 26.4 Å². The van der Waals surface area contributed by atoms with Crippen molar-refractivity contribution in [1.29, 1.82) is 0 Å². The van der Waals surface area contributed by atoms with Gasteiger partial charge in [-0.15, -0.1) is 0 Å². The van der Waals surface area contributed by atoms with E-state index in [1.807, 2.05) is 0 Å². The number of hydrogen-bond acceptors (Lipinski definition) is 6. The molecule has 0 aromatic carbocycles. The van der Waals surface area contributed by atoms with E-state index in [9.17, 15) is 9.90 Å². The lowest BCUT2D eigenvalue weighted by Gasteiger charge is -2.09. The number of aliphatic hydroxyl groups is 1. The Bertz CT molecular complexity index is 390. The van der Waals surface area contributed by atoms with Gasteiger partial charge < -0.3 is 14.4 Å². The van der Waals surface area contributed by atoms with Crippen LogP contribution in [0.25, 0.3) is 6.08 Å². The molecule has 1 heterocycles. The van der Waals surface area contributed by atoms with Crippen LogP contribution >= 0.6 is 0 Å². The minimum atomic E-state index is -1.17. The monoisotopic (exact) mass is 226 g/mol. The molecule has 0 amide bonds. The third-order valence-electron chi connectivity index (χ3n) is 1.64. The first-order valence-electron chi connectivity index (χ1n) is 4.85. The Morgan fingerprint density at radius 2 is 2.31 bits per heavy atom. The maximum absolute atomic E-state index is 11.0. The van der Waals surface area contributed by atoms with Gasteiger partial charge in [-0.1, -0.05) is 5.16 Å². The highest BCUT2D eigenvalue weighted by molar-refractivity contribution is 5.86. The zero-order valence-corrected chi connectivity index (χ0v) is 9.43. The Balaban J connectivity index is 2.69. The number of carbonyl (C=O) groups excluding carboxylic acids is 1. The van der Waals surface area contributed by atoms with Gasteiger partial charge in [0.05, 0.1) is 6.61 Å².